The van der Waals surface area contributed by atoms with Gasteiger partial charge in [0, 0.05) is 13.0 Å². The Hall–Kier alpha value is -2.05. The van der Waals surface area contributed by atoms with Crippen molar-refractivity contribution in [1.29, 1.82) is 0 Å². The topological polar surface area (TPSA) is 214 Å². The summed E-state index contributed by atoms with van der Waals surface area (Å²) in [6.07, 6.45) is 24.8. The van der Waals surface area contributed by atoms with Crippen LogP contribution in [0.2, 0.25) is 0 Å². The maximum atomic E-state index is 12.9. The average molecular weight is 899 g/mol. The fraction of sp³-hybridized carbons (Fsp3) is 0.816. The highest BCUT2D eigenvalue weighted by Crippen LogP contribution is 2.26. The van der Waals surface area contributed by atoms with Crippen molar-refractivity contribution in [1.82, 2.24) is 0 Å². The van der Waals surface area contributed by atoms with Gasteiger partial charge in [-0.05, 0) is 38.5 Å². The minimum atomic E-state index is -1.72. The van der Waals surface area contributed by atoms with Crippen LogP contribution in [0.25, 0.3) is 0 Å². The molecule has 0 bridgehead atoms. The Morgan fingerprint density at radius 3 is 1.52 bits per heavy atom. The van der Waals surface area contributed by atoms with E-state index in [9.17, 15) is 40.5 Å². The van der Waals surface area contributed by atoms with E-state index in [0.717, 1.165) is 44.9 Å². The minimum Gasteiger partial charge on any atom is -0.457 e. The van der Waals surface area contributed by atoms with Crippen molar-refractivity contribution >= 4 is 5.97 Å². The van der Waals surface area contributed by atoms with Crippen molar-refractivity contribution < 1.29 is 69.0 Å². The van der Waals surface area contributed by atoms with Crippen LogP contribution in [0.5, 0.6) is 0 Å². The lowest BCUT2D eigenvalue weighted by Gasteiger charge is -2.42. The van der Waals surface area contributed by atoms with E-state index < -0.39 is 86.7 Å². The predicted molar refractivity (Wildman–Crippen MR) is 243 cm³/mol. The highest BCUT2D eigenvalue weighted by Gasteiger charge is 2.47. The maximum Gasteiger partial charge on any atom is 0.306 e. The lowest BCUT2D eigenvalue weighted by atomic mass is 9.98. The maximum absolute atomic E-state index is 12.9. The van der Waals surface area contributed by atoms with Crippen molar-refractivity contribution in [3.63, 3.8) is 0 Å². The van der Waals surface area contributed by atoms with Crippen LogP contribution in [0, 0.1) is 0 Å². The summed E-state index contributed by atoms with van der Waals surface area (Å²) in [5.41, 5.74) is 0. The van der Waals surface area contributed by atoms with Crippen LogP contribution in [-0.4, -0.2) is 142 Å². The van der Waals surface area contributed by atoms with Gasteiger partial charge in [-0.3, -0.25) is 4.79 Å². The molecule has 63 heavy (non-hydrogen) atoms. The second-order valence-corrected chi connectivity index (χ2v) is 16.9. The zero-order valence-electron chi connectivity index (χ0n) is 38.5. The number of hydrogen-bond donors (Lipinski definition) is 7. The Labute approximate surface area is 378 Å². The van der Waals surface area contributed by atoms with Crippen LogP contribution in [0.15, 0.2) is 48.6 Å². The third-order valence-corrected chi connectivity index (χ3v) is 11.4. The van der Waals surface area contributed by atoms with Crippen molar-refractivity contribution in [3.8, 4) is 0 Å². The Bertz CT molecular complexity index is 1230. The fourth-order valence-electron chi connectivity index (χ4n) is 7.42. The van der Waals surface area contributed by atoms with Gasteiger partial charge in [0.25, 0.3) is 0 Å². The first kappa shape index (κ1) is 57.1. The summed E-state index contributed by atoms with van der Waals surface area (Å²) in [4.78, 5) is 12.9. The predicted octanol–water partition coefficient (Wildman–Crippen LogP) is 6.40. The molecule has 0 amide bonds. The van der Waals surface area contributed by atoms with E-state index in [4.69, 9.17) is 28.4 Å². The number of unbranched alkanes of at least 4 members (excludes halogenated alkanes) is 15. The summed E-state index contributed by atoms with van der Waals surface area (Å²) in [5.74, 6) is -0.455. The Morgan fingerprint density at radius 1 is 0.540 bits per heavy atom. The molecule has 11 unspecified atom stereocenters. The van der Waals surface area contributed by atoms with E-state index >= 15 is 0 Å². The summed E-state index contributed by atoms with van der Waals surface area (Å²) in [6, 6.07) is 0. The molecule has 0 saturated carbocycles. The molecule has 2 saturated heterocycles. The standard InChI is InChI=1S/C49H86O14/c1-3-5-7-9-11-13-15-17-18-19-21-23-25-27-29-31-33-58-35-38(61-41(51)32-30-28-26-24-22-20-16-14-12-10-8-6-4-2)36-59-48-47(57)45(55)43(53)40(63-48)37-60-49-46(56)44(54)42(52)39(34-50)62-49/h6,8,12,14,20,22,26,28,38-40,42-50,52-57H,3-5,7,9-11,13,15-19,21,23-25,27,29-37H2,1-2H3/b8-6-,14-12-,22-20-,28-26-. The second-order valence-electron chi connectivity index (χ2n) is 16.9. The Morgan fingerprint density at radius 2 is 1.00 bits per heavy atom. The molecule has 11 atom stereocenters. The summed E-state index contributed by atoms with van der Waals surface area (Å²) in [7, 11) is 0. The molecule has 14 nitrogen and oxygen atoms in total. The van der Waals surface area contributed by atoms with E-state index in [1.54, 1.807) is 0 Å². The molecule has 2 heterocycles. The number of hydrogen-bond acceptors (Lipinski definition) is 14. The molecule has 2 aliphatic rings. The highest BCUT2D eigenvalue weighted by atomic mass is 16.7. The third-order valence-electron chi connectivity index (χ3n) is 11.4. The van der Waals surface area contributed by atoms with Gasteiger partial charge in [-0.15, -0.1) is 0 Å². The molecule has 14 heteroatoms. The minimum absolute atomic E-state index is 0.0338. The van der Waals surface area contributed by atoms with Gasteiger partial charge in [-0.25, -0.2) is 0 Å². The molecule has 2 aliphatic heterocycles. The molecule has 7 N–H and O–H groups in total. The van der Waals surface area contributed by atoms with Crippen molar-refractivity contribution in [2.24, 2.45) is 0 Å². The van der Waals surface area contributed by atoms with E-state index in [1.807, 2.05) is 12.2 Å². The van der Waals surface area contributed by atoms with Crippen LogP contribution in [0.4, 0.5) is 0 Å². The molecular formula is C49H86O14. The van der Waals surface area contributed by atoms with Crippen molar-refractivity contribution in [3.05, 3.63) is 48.6 Å². The first-order chi connectivity index (χ1) is 30.6. The third kappa shape index (κ3) is 25.4. The highest BCUT2D eigenvalue weighted by molar-refractivity contribution is 5.69. The molecule has 2 rings (SSSR count). The van der Waals surface area contributed by atoms with E-state index in [1.165, 1.54) is 83.5 Å². The largest absolute Gasteiger partial charge is 0.457 e. The van der Waals surface area contributed by atoms with Gasteiger partial charge in [0.1, 0.15) is 54.9 Å². The van der Waals surface area contributed by atoms with E-state index in [0.29, 0.717) is 13.0 Å². The zero-order valence-corrected chi connectivity index (χ0v) is 38.5. The number of ether oxygens (including phenoxy) is 6. The van der Waals surface area contributed by atoms with E-state index in [2.05, 4.69) is 50.3 Å². The lowest BCUT2D eigenvalue weighted by molar-refractivity contribution is -0.332. The van der Waals surface area contributed by atoms with Gasteiger partial charge in [0.05, 0.1) is 26.4 Å². The smallest absolute Gasteiger partial charge is 0.306 e. The van der Waals surface area contributed by atoms with E-state index in [-0.39, 0.29) is 19.6 Å². The van der Waals surface area contributed by atoms with Gasteiger partial charge in [0.15, 0.2) is 12.6 Å². The number of rotatable bonds is 37. The van der Waals surface area contributed by atoms with Crippen LogP contribution in [0.3, 0.4) is 0 Å². The van der Waals surface area contributed by atoms with Gasteiger partial charge >= 0.3 is 5.97 Å². The molecule has 0 radical (unpaired) electrons. The molecule has 0 aromatic carbocycles. The first-order valence-electron chi connectivity index (χ1n) is 24.2. The number of aliphatic hydroxyl groups is 7. The van der Waals surface area contributed by atoms with Gasteiger partial charge in [-0.2, -0.15) is 0 Å². The molecule has 366 valence electrons. The molecule has 0 aliphatic carbocycles. The Balaban J connectivity index is 1.81. The number of allylic oxidation sites excluding steroid dienone is 8. The summed E-state index contributed by atoms with van der Waals surface area (Å²) >= 11 is 0. The quantitative estimate of drug-likeness (QED) is 0.0204. The fourth-order valence-corrected chi connectivity index (χ4v) is 7.42. The number of carbonyl (C=O) groups is 1. The SMILES string of the molecule is CC/C=C\C/C=C\C/C=C\C/C=C\CCC(=O)OC(COCCCCCCCCCCCCCCCCCC)COC1OC(COC2OC(CO)C(O)C(O)C2O)C(O)C(O)C1O. The lowest BCUT2D eigenvalue weighted by Crippen LogP contribution is -2.61. The van der Waals surface area contributed by atoms with Gasteiger partial charge in [0.2, 0.25) is 0 Å². The van der Waals surface area contributed by atoms with Crippen LogP contribution < -0.4 is 0 Å². The van der Waals surface area contributed by atoms with Gasteiger partial charge in [-0.1, -0.05) is 159 Å². The van der Waals surface area contributed by atoms with Crippen LogP contribution >= 0.6 is 0 Å². The van der Waals surface area contributed by atoms with Crippen molar-refractivity contribution in [2.45, 2.75) is 223 Å². The number of aliphatic hydroxyl groups excluding tert-OH is 7. The normalized spacial score (nSPS) is 27.4. The van der Waals surface area contributed by atoms with Crippen LogP contribution in [-0.2, 0) is 33.2 Å². The summed E-state index contributed by atoms with van der Waals surface area (Å²) in [6.45, 7) is 3.47. The summed E-state index contributed by atoms with van der Waals surface area (Å²) < 4.78 is 34.1. The average Bonchev–Trinajstić information content (AvgIpc) is 3.28. The molecule has 0 spiro atoms. The van der Waals surface area contributed by atoms with Crippen LogP contribution in [0.1, 0.15) is 155 Å². The molecule has 2 fully saturated rings. The van der Waals surface area contributed by atoms with Crippen molar-refractivity contribution in [2.75, 3.05) is 33.0 Å². The second kappa shape index (κ2) is 37.1. The summed E-state index contributed by atoms with van der Waals surface area (Å²) in [5, 5.41) is 72.0. The monoisotopic (exact) mass is 899 g/mol. The number of esters is 1. The number of carbonyl (C=O) groups excluding carboxylic acids is 1. The Kier molecular flexibility index (Phi) is 33.6. The van der Waals surface area contributed by atoms with Gasteiger partial charge < -0.3 is 64.2 Å². The first-order valence-corrected chi connectivity index (χ1v) is 24.2. The zero-order chi connectivity index (χ0) is 45.9. The molecule has 0 aromatic rings. The molecule has 0 aromatic heterocycles. The molecular weight excluding hydrogens is 813 g/mol.